The van der Waals surface area contributed by atoms with Crippen molar-refractivity contribution in [1.29, 1.82) is 0 Å². The van der Waals surface area contributed by atoms with Gasteiger partial charge in [0.1, 0.15) is 0 Å². The molecule has 0 N–H and O–H groups in total. The van der Waals surface area contributed by atoms with Crippen LogP contribution in [0.15, 0.2) is 0 Å². The number of hydrogen-bond donors (Lipinski definition) is 0. The molecular formula is InO12P3Pb3. The van der Waals surface area contributed by atoms with Gasteiger partial charge in [-0.05, 0) is 0 Å². The molecule has 102 valence electrons. The summed E-state index contributed by atoms with van der Waals surface area (Å²) in [6.07, 6.45) is 0. The first-order valence-corrected chi connectivity index (χ1v) is 6.57. The minimum Gasteiger partial charge on any atom is -0.822 e. The van der Waals surface area contributed by atoms with Crippen LogP contribution >= 0.6 is 23.5 Å². The fourth-order valence-electron chi connectivity index (χ4n) is 0. The van der Waals surface area contributed by atoms with E-state index in [1.165, 1.54) is 0 Å². The van der Waals surface area contributed by atoms with Crippen LogP contribution in [0.2, 0.25) is 0 Å². The Bertz CT molecular complexity index is 214. The Morgan fingerprint density at radius 2 is 0.421 bits per heavy atom. The Balaban J connectivity index is -0.0000000206. The van der Waals surface area contributed by atoms with E-state index >= 15 is 0 Å². The monoisotopic (exact) mass is 1020 g/mol. The second kappa shape index (κ2) is 20.0. The van der Waals surface area contributed by atoms with Gasteiger partial charge in [0, 0.05) is 0 Å². The fourth-order valence-corrected chi connectivity index (χ4v) is 0. The van der Waals surface area contributed by atoms with Crippen LogP contribution < -0.4 is 44.0 Å². The first kappa shape index (κ1) is 43.5. The Kier molecular flexibility index (Phi) is 45.8. The molecule has 0 heterocycles. The van der Waals surface area contributed by atoms with Crippen molar-refractivity contribution in [1.82, 2.24) is 0 Å². The van der Waals surface area contributed by atoms with E-state index in [-0.39, 0.29) is 108 Å². The van der Waals surface area contributed by atoms with Gasteiger partial charge in [0.05, 0.1) is 0 Å². The van der Waals surface area contributed by atoms with Gasteiger partial charge in [0.25, 0.3) is 0 Å². The van der Waals surface area contributed by atoms with Crippen LogP contribution in [0, 0.1) is 0 Å². The van der Waals surface area contributed by atoms with Crippen LogP contribution in [0.3, 0.4) is 0 Å². The summed E-state index contributed by atoms with van der Waals surface area (Å²) in [5, 5.41) is 0. The topological polar surface area (TPSA) is 259 Å². The average molecular weight is 1020 g/mol. The van der Waals surface area contributed by atoms with Gasteiger partial charge in [-0.25, -0.2) is 0 Å². The van der Waals surface area contributed by atoms with Crippen LogP contribution in [0.25, 0.3) is 0 Å². The molecule has 0 saturated heterocycles. The van der Waals surface area contributed by atoms with Gasteiger partial charge in [0.15, 0.2) is 0 Å². The van der Waals surface area contributed by atoms with Crippen molar-refractivity contribution in [2.75, 3.05) is 0 Å². The van der Waals surface area contributed by atoms with E-state index in [0.717, 1.165) is 0 Å². The van der Waals surface area contributed by atoms with E-state index in [1.54, 1.807) is 0 Å². The van der Waals surface area contributed by atoms with Gasteiger partial charge in [0.2, 0.25) is 0 Å². The number of rotatable bonds is 0. The zero-order valence-corrected chi connectivity index (χ0v) is 26.0. The summed E-state index contributed by atoms with van der Waals surface area (Å²) < 4.78 is 25.6. The maximum Gasteiger partial charge on any atom is 3.00 e. The van der Waals surface area contributed by atoms with Gasteiger partial charge >= 0.3 is 108 Å². The van der Waals surface area contributed by atoms with E-state index in [4.69, 9.17) is 57.7 Å². The van der Waals surface area contributed by atoms with Gasteiger partial charge in [-0.15, -0.1) is 0 Å². The zero-order chi connectivity index (χ0) is 13.5. The predicted molar refractivity (Wildman–Crippen MR) is 45.8 cm³/mol. The van der Waals surface area contributed by atoms with Gasteiger partial charge < -0.3 is 57.7 Å². The van der Waals surface area contributed by atoms with E-state index in [0.29, 0.717) is 0 Å². The quantitative estimate of drug-likeness (QED) is 0.162. The van der Waals surface area contributed by atoms with Crippen LogP contribution in [0.5, 0.6) is 0 Å². The van der Waals surface area contributed by atoms with E-state index < -0.39 is 23.5 Å². The van der Waals surface area contributed by atoms with Crippen LogP contribution in [0.1, 0.15) is 0 Å². The molecule has 0 aliphatic carbocycles. The molecule has 19 heteroatoms. The van der Waals surface area contributed by atoms with Crippen molar-refractivity contribution in [3.63, 3.8) is 0 Å². The van der Waals surface area contributed by atoms with Gasteiger partial charge in [-0.3, -0.25) is 0 Å². The number of hydrogen-bond acceptors (Lipinski definition) is 12. The smallest absolute Gasteiger partial charge is 0.822 e. The molecule has 12 nitrogen and oxygen atoms in total. The molecule has 0 aliphatic rings. The maximum absolute atomic E-state index is 8.55. The Morgan fingerprint density at radius 3 is 0.421 bits per heavy atom. The second-order valence-electron chi connectivity index (χ2n) is 1.34. The predicted octanol–water partition coefficient (Wildman–Crippen LogP) is -10.00. The average Bonchev–Trinajstić information content (AvgIpc) is 1.41. The molecule has 6 radical (unpaired) electrons. The van der Waals surface area contributed by atoms with Crippen molar-refractivity contribution in [2.24, 2.45) is 0 Å². The number of phosphoric acid groups is 3. The molecular weight excluding hydrogens is 1020 g/mol. The molecule has 0 aliphatic heterocycles. The zero-order valence-electron chi connectivity index (χ0n) is 8.32. The third-order valence-electron chi connectivity index (χ3n) is 0. The fraction of sp³-hybridized carbons (Fsp3) is 0. The normalized spacial score (nSPS) is 9.32. The van der Waals surface area contributed by atoms with Crippen molar-refractivity contribution in [3.8, 4) is 0 Å². The van der Waals surface area contributed by atoms with Crippen molar-refractivity contribution >= 4 is 131 Å². The van der Waals surface area contributed by atoms with Crippen molar-refractivity contribution in [3.05, 3.63) is 0 Å². The molecule has 0 spiro atoms. The summed E-state index contributed by atoms with van der Waals surface area (Å²) >= 11 is 0. The van der Waals surface area contributed by atoms with Crippen molar-refractivity contribution < 1.29 is 57.7 Å². The molecule has 0 amide bonds. The first-order valence-electron chi connectivity index (χ1n) is 2.19. The third kappa shape index (κ3) is 557. The molecule has 0 aromatic heterocycles. The summed E-state index contributed by atoms with van der Waals surface area (Å²) in [5.74, 6) is 0. The van der Waals surface area contributed by atoms with E-state index in [1.807, 2.05) is 0 Å². The molecule has 0 aromatic rings. The molecule has 0 bridgehead atoms. The largest absolute Gasteiger partial charge is 3.00 e. The third-order valence-corrected chi connectivity index (χ3v) is 0. The summed E-state index contributed by atoms with van der Waals surface area (Å²) in [6, 6.07) is 0. The Morgan fingerprint density at radius 1 is 0.421 bits per heavy atom. The van der Waals surface area contributed by atoms with Crippen LogP contribution in [-0.2, 0) is 13.7 Å². The summed E-state index contributed by atoms with van der Waals surface area (Å²) in [6.45, 7) is 0. The van der Waals surface area contributed by atoms with Crippen molar-refractivity contribution in [2.45, 2.75) is 0 Å². The molecule has 0 saturated carbocycles. The first-order chi connectivity index (χ1) is 6.00. The second-order valence-corrected chi connectivity index (χ2v) is 4.02. The minimum atomic E-state index is -5.39. The standard InChI is InChI=1S/In.3H3O4P.3Pb/c;3*1-5(2,3)4;;;/h;3*(H3,1,2,3,4);;;/q+3;;;;3*+2/p-9. The minimum absolute atomic E-state index is 0. The van der Waals surface area contributed by atoms with E-state index in [2.05, 4.69) is 0 Å². The van der Waals surface area contributed by atoms with Gasteiger partial charge in [-0.1, -0.05) is 0 Å². The molecule has 0 aromatic carbocycles. The van der Waals surface area contributed by atoms with E-state index in [9.17, 15) is 0 Å². The summed E-state index contributed by atoms with van der Waals surface area (Å²) in [4.78, 5) is 76.9. The SMILES string of the molecule is O=P([O-])([O-])[O-].O=P([O-])([O-])[O-].O=P([O-])([O-])[O-].[In+3].[Pb+2].[Pb+2].[Pb+2]. The Labute approximate surface area is 186 Å². The van der Waals surface area contributed by atoms with Gasteiger partial charge in [-0.2, -0.15) is 23.5 Å². The summed E-state index contributed by atoms with van der Waals surface area (Å²) in [7, 11) is -16.2. The Hall–Kier alpha value is 3.97. The molecule has 0 unspecified atom stereocenters. The molecule has 0 atom stereocenters. The molecule has 0 fully saturated rings. The molecule has 0 rings (SSSR count). The van der Waals surface area contributed by atoms with Crippen LogP contribution in [0.4, 0.5) is 0 Å². The van der Waals surface area contributed by atoms with Crippen LogP contribution in [-0.4, -0.2) is 108 Å². The summed E-state index contributed by atoms with van der Waals surface area (Å²) in [5.41, 5.74) is 0. The maximum atomic E-state index is 8.55. The molecule has 19 heavy (non-hydrogen) atoms.